The molecule has 0 aliphatic rings. The van der Waals surface area contributed by atoms with Crippen LogP contribution in [0.5, 0.6) is 0 Å². The van der Waals surface area contributed by atoms with E-state index in [1.165, 1.54) is 114 Å². The lowest BCUT2D eigenvalue weighted by Crippen LogP contribution is -2.43. The van der Waals surface area contributed by atoms with Gasteiger partial charge in [0.05, 0.1) is 53.6 Å². The van der Waals surface area contributed by atoms with Crippen molar-refractivity contribution in [3.8, 4) is 0 Å². The van der Waals surface area contributed by atoms with Gasteiger partial charge in [0.15, 0.2) is 0 Å². The van der Waals surface area contributed by atoms with Crippen LogP contribution in [0.2, 0.25) is 0 Å². The number of unbranched alkanes of at least 4 members (excludes halogenated alkanes) is 12. The number of hydrogen-bond acceptors (Lipinski definition) is 1. The van der Waals surface area contributed by atoms with Crippen LogP contribution >= 0.6 is 0 Å². The van der Waals surface area contributed by atoms with Crippen molar-refractivity contribution in [3.05, 3.63) is 12.3 Å². The molecular formula is C27H58N2O+2. The first-order chi connectivity index (χ1) is 14.2. The lowest BCUT2D eigenvalue weighted by atomic mass is 10.1. The predicted molar refractivity (Wildman–Crippen MR) is 135 cm³/mol. The minimum atomic E-state index is 0.785. The zero-order valence-corrected chi connectivity index (χ0v) is 21.9. The molecule has 3 nitrogen and oxygen atoms in total. The van der Waals surface area contributed by atoms with E-state index in [1.807, 2.05) is 6.92 Å². The summed E-state index contributed by atoms with van der Waals surface area (Å²) in [6.45, 7) is 13.8. The molecule has 0 amide bonds. The van der Waals surface area contributed by atoms with Gasteiger partial charge in [-0.1, -0.05) is 64.9 Å². The Labute approximate surface area is 191 Å². The number of rotatable bonds is 22. The summed E-state index contributed by atoms with van der Waals surface area (Å²) in [5, 5.41) is 0. The highest BCUT2D eigenvalue weighted by atomic mass is 16.5. The van der Waals surface area contributed by atoms with Crippen LogP contribution in [0.1, 0.15) is 104 Å². The minimum absolute atomic E-state index is 0.785. The summed E-state index contributed by atoms with van der Waals surface area (Å²) >= 11 is 0. The maximum atomic E-state index is 5.53. The molecule has 0 aliphatic heterocycles. The number of allylic oxidation sites excluding steroid dienone is 1. The molecular weight excluding hydrogens is 368 g/mol. The molecule has 0 fully saturated rings. The summed E-state index contributed by atoms with van der Waals surface area (Å²) in [4.78, 5) is 0. The van der Waals surface area contributed by atoms with Crippen LogP contribution in [0.3, 0.4) is 0 Å². The molecule has 0 aromatic heterocycles. The second-order valence-electron chi connectivity index (χ2n) is 10.9. The Hall–Kier alpha value is -0.540. The number of hydrogen-bond donors (Lipinski definition) is 0. The average molecular weight is 427 g/mol. The Morgan fingerprint density at radius 1 is 0.567 bits per heavy atom. The van der Waals surface area contributed by atoms with Crippen molar-refractivity contribution in [2.24, 2.45) is 0 Å². The quantitative estimate of drug-likeness (QED) is 0.101. The summed E-state index contributed by atoms with van der Waals surface area (Å²) in [5.74, 6) is 0.827. The molecule has 0 heterocycles. The second kappa shape index (κ2) is 18.1. The Morgan fingerprint density at radius 3 is 1.27 bits per heavy atom. The van der Waals surface area contributed by atoms with E-state index in [4.69, 9.17) is 4.74 Å². The predicted octanol–water partition coefficient (Wildman–Crippen LogP) is 7.17. The van der Waals surface area contributed by atoms with Crippen molar-refractivity contribution >= 4 is 0 Å². The zero-order valence-electron chi connectivity index (χ0n) is 21.9. The maximum absolute atomic E-state index is 5.53. The zero-order chi connectivity index (χ0) is 22.7. The normalized spacial score (nSPS) is 12.3. The van der Waals surface area contributed by atoms with Gasteiger partial charge in [0.1, 0.15) is 13.2 Å². The highest BCUT2D eigenvalue weighted by Gasteiger charge is 2.16. The Kier molecular flexibility index (Phi) is 17.7. The van der Waals surface area contributed by atoms with Gasteiger partial charge >= 0.3 is 0 Å². The summed E-state index contributed by atoms with van der Waals surface area (Å²) in [5.41, 5.74) is 0. The SMILES string of the molecule is C=C(C)OCC[N+](C)(C)CCCCCC[N+](C)(C)CCCCCCCCCCCC. The van der Waals surface area contributed by atoms with E-state index in [1.54, 1.807) is 0 Å². The first-order valence-corrected chi connectivity index (χ1v) is 13.1. The Bertz CT molecular complexity index is 404. The van der Waals surface area contributed by atoms with Gasteiger partial charge in [0.25, 0.3) is 0 Å². The van der Waals surface area contributed by atoms with Crippen molar-refractivity contribution in [2.45, 2.75) is 104 Å². The average Bonchev–Trinajstić information content (AvgIpc) is 2.65. The van der Waals surface area contributed by atoms with Gasteiger partial charge in [-0.25, -0.2) is 0 Å². The number of likely N-dealkylation sites (N-methyl/N-ethyl adjacent to an activating group) is 1. The molecule has 0 spiro atoms. The van der Waals surface area contributed by atoms with E-state index in [9.17, 15) is 0 Å². The second-order valence-corrected chi connectivity index (χ2v) is 10.9. The molecule has 180 valence electrons. The van der Waals surface area contributed by atoms with Crippen LogP contribution < -0.4 is 0 Å². The summed E-state index contributed by atoms with van der Waals surface area (Å²) in [7, 11) is 9.48. The third-order valence-corrected chi connectivity index (χ3v) is 6.44. The fourth-order valence-electron chi connectivity index (χ4n) is 4.15. The van der Waals surface area contributed by atoms with Crippen molar-refractivity contribution in [1.82, 2.24) is 0 Å². The van der Waals surface area contributed by atoms with Gasteiger partial charge in [-0.3, -0.25) is 0 Å². The highest BCUT2D eigenvalue weighted by Crippen LogP contribution is 2.13. The van der Waals surface area contributed by atoms with E-state index in [0.29, 0.717) is 0 Å². The number of ether oxygens (including phenoxy) is 1. The summed E-state index contributed by atoms with van der Waals surface area (Å²) in [6.07, 6.45) is 19.8. The van der Waals surface area contributed by atoms with E-state index >= 15 is 0 Å². The fourth-order valence-corrected chi connectivity index (χ4v) is 4.15. The van der Waals surface area contributed by atoms with Gasteiger partial charge in [-0.2, -0.15) is 0 Å². The van der Waals surface area contributed by atoms with Crippen LogP contribution in [-0.2, 0) is 4.74 Å². The van der Waals surface area contributed by atoms with Crippen LogP contribution in [-0.4, -0.2) is 69.9 Å². The van der Waals surface area contributed by atoms with E-state index in [0.717, 1.165) is 23.4 Å². The standard InChI is InChI=1S/C27H58N2O/c1-8-9-10-11-12-13-14-15-16-19-22-28(4,5)23-20-17-18-21-24-29(6,7)25-26-30-27(2)3/h2,8-26H2,1,3-7H3/q+2. The van der Waals surface area contributed by atoms with E-state index in [-0.39, 0.29) is 0 Å². The third-order valence-electron chi connectivity index (χ3n) is 6.44. The first-order valence-electron chi connectivity index (χ1n) is 13.1. The van der Waals surface area contributed by atoms with E-state index in [2.05, 4.69) is 41.7 Å². The highest BCUT2D eigenvalue weighted by molar-refractivity contribution is 4.73. The molecule has 0 aromatic rings. The lowest BCUT2D eigenvalue weighted by molar-refractivity contribution is -0.891. The maximum Gasteiger partial charge on any atom is 0.137 e. The third kappa shape index (κ3) is 20.7. The van der Waals surface area contributed by atoms with Crippen molar-refractivity contribution in [2.75, 3.05) is 61.0 Å². The molecule has 0 rings (SSSR count). The van der Waals surface area contributed by atoms with Crippen LogP contribution in [0.4, 0.5) is 0 Å². The summed E-state index contributed by atoms with van der Waals surface area (Å²) in [6, 6.07) is 0. The van der Waals surface area contributed by atoms with Gasteiger partial charge in [-0.15, -0.1) is 0 Å². The van der Waals surface area contributed by atoms with Crippen molar-refractivity contribution < 1.29 is 13.7 Å². The molecule has 0 saturated heterocycles. The van der Waals surface area contributed by atoms with Gasteiger partial charge < -0.3 is 13.7 Å². The molecule has 0 radical (unpaired) electrons. The Morgan fingerprint density at radius 2 is 0.900 bits per heavy atom. The molecule has 3 heteroatoms. The van der Waals surface area contributed by atoms with Gasteiger partial charge in [-0.05, 0) is 45.4 Å². The molecule has 0 aromatic carbocycles. The minimum Gasteiger partial charge on any atom is -0.493 e. The van der Waals surface area contributed by atoms with Gasteiger partial charge in [0.2, 0.25) is 0 Å². The topological polar surface area (TPSA) is 9.23 Å². The lowest BCUT2D eigenvalue weighted by Gasteiger charge is -2.30. The van der Waals surface area contributed by atoms with E-state index < -0.39 is 0 Å². The summed E-state index contributed by atoms with van der Waals surface area (Å²) < 4.78 is 7.78. The number of quaternary nitrogens is 2. The molecule has 30 heavy (non-hydrogen) atoms. The van der Waals surface area contributed by atoms with Gasteiger partial charge in [0, 0.05) is 0 Å². The van der Waals surface area contributed by atoms with Crippen LogP contribution in [0, 0.1) is 0 Å². The van der Waals surface area contributed by atoms with Crippen molar-refractivity contribution in [3.63, 3.8) is 0 Å². The molecule has 0 atom stereocenters. The molecule has 0 saturated carbocycles. The Balaban J connectivity index is 3.56. The molecule has 0 unspecified atom stereocenters. The molecule has 0 N–H and O–H groups in total. The molecule has 0 bridgehead atoms. The monoisotopic (exact) mass is 426 g/mol. The van der Waals surface area contributed by atoms with Crippen LogP contribution in [0.15, 0.2) is 12.3 Å². The molecule has 0 aliphatic carbocycles. The first kappa shape index (κ1) is 29.5. The largest absolute Gasteiger partial charge is 0.493 e. The van der Waals surface area contributed by atoms with Crippen LogP contribution in [0.25, 0.3) is 0 Å². The number of nitrogens with zero attached hydrogens (tertiary/aromatic N) is 2. The van der Waals surface area contributed by atoms with Crippen molar-refractivity contribution in [1.29, 1.82) is 0 Å². The fraction of sp³-hybridized carbons (Fsp3) is 0.926. The smallest absolute Gasteiger partial charge is 0.137 e.